The van der Waals surface area contributed by atoms with Crippen LogP contribution in [-0.4, -0.2) is 5.78 Å². The Kier molecular flexibility index (Phi) is 11.3. The van der Waals surface area contributed by atoms with Gasteiger partial charge in [-0.1, -0.05) is 88.3 Å². The summed E-state index contributed by atoms with van der Waals surface area (Å²) in [5.41, 5.74) is 1.24. The summed E-state index contributed by atoms with van der Waals surface area (Å²) in [6.07, 6.45) is 17.1. The fourth-order valence-corrected chi connectivity index (χ4v) is 2.61. The zero-order chi connectivity index (χ0) is 15.9. The molecular formula is C21H32O. The van der Waals surface area contributed by atoms with Gasteiger partial charge in [-0.3, -0.25) is 4.79 Å². The van der Waals surface area contributed by atoms with Crippen LogP contribution in [0, 0.1) is 0 Å². The first-order chi connectivity index (χ1) is 10.8. The van der Waals surface area contributed by atoms with E-state index in [-0.39, 0.29) is 5.78 Å². The zero-order valence-corrected chi connectivity index (χ0v) is 14.2. The van der Waals surface area contributed by atoms with Gasteiger partial charge in [0.25, 0.3) is 0 Å². The van der Waals surface area contributed by atoms with Crippen LogP contribution < -0.4 is 0 Å². The Morgan fingerprint density at radius 2 is 1.55 bits per heavy atom. The first-order valence-corrected chi connectivity index (χ1v) is 9.06. The van der Waals surface area contributed by atoms with Gasteiger partial charge < -0.3 is 0 Å². The first-order valence-electron chi connectivity index (χ1n) is 9.06. The van der Waals surface area contributed by atoms with Gasteiger partial charge in [0.2, 0.25) is 0 Å². The molecule has 0 fully saturated rings. The molecule has 0 spiro atoms. The number of allylic oxidation sites excluding steroid dienone is 2. The average Bonchev–Trinajstić information content (AvgIpc) is 2.55. The third-order valence-corrected chi connectivity index (χ3v) is 4.03. The van der Waals surface area contributed by atoms with Crippen molar-refractivity contribution in [2.24, 2.45) is 0 Å². The van der Waals surface area contributed by atoms with Crippen molar-refractivity contribution in [2.75, 3.05) is 0 Å². The number of aryl methyl sites for hydroxylation is 1. The maximum Gasteiger partial charge on any atom is 0.155 e. The Bertz CT molecular complexity index is 405. The molecule has 0 atom stereocenters. The molecule has 0 saturated carbocycles. The van der Waals surface area contributed by atoms with Gasteiger partial charge in [-0.05, 0) is 30.9 Å². The Balaban J connectivity index is 1.95. The summed E-state index contributed by atoms with van der Waals surface area (Å²) >= 11 is 0. The van der Waals surface area contributed by atoms with Crippen molar-refractivity contribution in [1.82, 2.24) is 0 Å². The molecular weight excluding hydrogens is 268 g/mol. The van der Waals surface area contributed by atoms with Crippen molar-refractivity contribution >= 4 is 5.78 Å². The van der Waals surface area contributed by atoms with E-state index in [1.54, 1.807) is 6.08 Å². The summed E-state index contributed by atoms with van der Waals surface area (Å²) in [5.74, 6) is 0.253. The van der Waals surface area contributed by atoms with E-state index in [9.17, 15) is 4.79 Å². The van der Waals surface area contributed by atoms with Crippen LogP contribution in [0.1, 0.15) is 76.7 Å². The zero-order valence-electron chi connectivity index (χ0n) is 14.2. The molecule has 122 valence electrons. The van der Waals surface area contributed by atoms with Crippen LogP contribution in [-0.2, 0) is 11.2 Å². The summed E-state index contributed by atoms with van der Waals surface area (Å²) in [6.45, 7) is 2.26. The van der Waals surface area contributed by atoms with E-state index in [4.69, 9.17) is 0 Å². The van der Waals surface area contributed by atoms with E-state index in [2.05, 4.69) is 25.1 Å². The molecule has 0 aromatic heterocycles. The smallest absolute Gasteiger partial charge is 0.155 e. The molecule has 0 bridgehead atoms. The SMILES string of the molecule is CCCCCCCCCC/C=C/C(=O)CCc1ccccc1. The number of hydrogen-bond acceptors (Lipinski definition) is 1. The predicted octanol–water partition coefficient (Wildman–Crippen LogP) is 6.28. The molecule has 0 amide bonds. The Labute approximate surface area is 136 Å². The lowest BCUT2D eigenvalue weighted by Gasteiger charge is -2.00. The molecule has 0 unspecified atom stereocenters. The Morgan fingerprint density at radius 1 is 0.909 bits per heavy atom. The fourth-order valence-electron chi connectivity index (χ4n) is 2.61. The number of hydrogen-bond donors (Lipinski definition) is 0. The van der Waals surface area contributed by atoms with Crippen LogP contribution in [0.2, 0.25) is 0 Å². The van der Waals surface area contributed by atoms with Crippen LogP contribution in [0.5, 0.6) is 0 Å². The summed E-state index contributed by atoms with van der Waals surface area (Å²) in [7, 11) is 0. The fraction of sp³-hybridized carbons (Fsp3) is 0.571. The molecule has 0 N–H and O–H groups in total. The first kappa shape index (κ1) is 18.7. The van der Waals surface area contributed by atoms with E-state index >= 15 is 0 Å². The molecule has 0 aliphatic heterocycles. The molecule has 1 heteroatoms. The van der Waals surface area contributed by atoms with Crippen molar-refractivity contribution in [3.05, 3.63) is 48.0 Å². The van der Waals surface area contributed by atoms with Crippen molar-refractivity contribution < 1.29 is 4.79 Å². The maximum absolute atomic E-state index is 11.8. The summed E-state index contributed by atoms with van der Waals surface area (Å²) in [4.78, 5) is 11.8. The standard InChI is InChI=1S/C21H32O/c1-2-3-4-5-6-7-8-9-10-14-17-21(22)19-18-20-15-12-11-13-16-20/h11-17H,2-10,18-19H2,1H3/b17-14+. The van der Waals surface area contributed by atoms with E-state index in [0.717, 1.165) is 12.8 Å². The van der Waals surface area contributed by atoms with Crippen LogP contribution in [0.15, 0.2) is 42.5 Å². The Hall–Kier alpha value is -1.37. The molecule has 0 heterocycles. The maximum atomic E-state index is 11.8. The van der Waals surface area contributed by atoms with E-state index < -0.39 is 0 Å². The van der Waals surface area contributed by atoms with Crippen molar-refractivity contribution in [2.45, 2.75) is 77.6 Å². The minimum atomic E-state index is 0.253. The molecule has 0 saturated heterocycles. The van der Waals surface area contributed by atoms with Crippen LogP contribution in [0.25, 0.3) is 0 Å². The van der Waals surface area contributed by atoms with Gasteiger partial charge in [-0.25, -0.2) is 0 Å². The highest BCUT2D eigenvalue weighted by Crippen LogP contribution is 2.10. The van der Waals surface area contributed by atoms with Gasteiger partial charge in [-0.15, -0.1) is 0 Å². The van der Waals surface area contributed by atoms with Gasteiger partial charge in [0.15, 0.2) is 5.78 Å². The molecule has 0 radical (unpaired) electrons. The minimum Gasteiger partial charge on any atom is -0.295 e. The van der Waals surface area contributed by atoms with Crippen molar-refractivity contribution in [3.8, 4) is 0 Å². The van der Waals surface area contributed by atoms with Gasteiger partial charge in [0.1, 0.15) is 0 Å². The number of unbranched alkanes of at least 4 members (excludes halogenated alkanes) is 8. The summed E-state index contributed by atoms with van der Waals surface area (Å²) < 4.78 is 0. The molecule has 1 rings (SSSR count). The molecule has 0 aliphatic rings. The number of ketones is 1. The number of rotatable bonds is 13. The minimum absolute atomic E-state index is 0.253. The third-order valence-electron chi connectivity index (χ3n) is 4.03. The van der Waals surface area contributed by atoms with E-state index in [0.29, 0.717) is 6.42 Å². The van der Waals surface area contributed by atoms with E-state index in [1.165, 1.54) is 56.9 Å². The average molecular weight is 300 g/mol. The highest BCUT2D eigenvalue weighted by molar-refractivity contribution is 5.89. The van der Waals surface area contributed by atoms with E-state index in [1.807, 2.05) is 18.2 Å². The number of carbonyl (C=O) groups is 1. The highest BCUT2D eigenvalue weighted by Gasteiger charge is 1.98. The predicted molar refractivity (Wildman–Crippen MR) is 96.1 cm³/mol. The van der Waals surface area contributed by atoms with Crippen LogP contribution >= 0.6 is 0 Å². The van der Waals surface area contributed by atoms with Crippen LogP contribution in [0.3, 0.4) is 0 Å². The topological polar surface area (TPSA) is 17.1 Å². The van der Waals surface area contributed by atoms with Crippen molar-refractivity contribution in [3.63, 3.8) is 0 Å². The second-order valence-electron chi connectivity index (χ2n) is 6.12. The number of carbonyl (C=O) groups excluding carboxylic acids is 1. The lowest BCUT2D eigenvalue weighted by atomic mass is 10.1. The quantitative estimate of drug-likeness (QED) is 0.310. The lowest BCUT2D eigenvalue weighted by molar-refractivity contribution is -0.114. The number of benzene rings is 1. The van der Waals surface area contributed by atoms with Crippen molar-refractivity contribution in [1.29, 1.82) is 0 Å². The molecule has 22 heavy (non-hydrogen) atoms. The summed E-state index contributed by atoms with van der Waals surface area (Å²) in [5, 5.41) is 0. The Morgan fingerprint density at radius 3 is 2.23 bits per heavy atom. The highest BCUT2D eigenvalue weighted by atomic mass is 16.1. The molecule has 1 aromatic rings. The second kappa shape index (κ2) is 13.3. The normalized spacial score (nSPS) is 11.1. The largest absolute Gasteiger partial charge is 0.295 e. The lowest BCUT2D eigenvalue weighted by Crippen LogP contribution is -1.95. The molecule has 1 nitrogen and oxygen atoms in total. The molecule has 0 aliphatic carbocycles. The monoisotopic (exact) mass is 300 g/mol. The third kappa shape index (κ3) is 10.4. The summed E-state index contributed by atoms with van der Waals surface area (Å²) in [6, 6.07) is 10.2. The van der Waals surface area contributed by atoms with Gasteiger partial charge in [0.05, 0.1) is 0 Å². The van der Waals surface area contributed by atoms with Gasteiger partial charge >= 0.3 is 0 Å². The van der Waals surface area contributed by atoms with Crippen LogP contribution in [0.4, 0.5) is 0 Å². The van der Waals surface area contributed by atoms with Gasteiger partial charge in [-0.2, -0.15) is 0 Å². The van der Waals surface area contributed by atoms with Gasteiger partial charge in [0, 0.05) is 6.42 Å². The molecule has 1 aromatic carbocycles. The second-order valence-corrected chi connectivity index (χ2v) is 6.12.